The van der Waals surface area contributed by atoms with Gasteiger partial charge in [-0.25, -0.2) is 4.98 Å². The molecule has 0 amide bonds. The van der Waals surface area contributed by atoms with E-state index in [4.69, 9.17) is 14.2 Å². The van der Waals surface area contributed by atoms with Crippen LogP contribution in [0.4, 0.5) is 0 Å². The van der Waals surface area contributed by atoms with Gasteiger partial charge in [-0.15, -0.1) is 10.2 Å². The van der Waals surface area contributed by atoms with Gasteiger partial charge in [0.1, 0.15) is 18.1 Å². The monoisotopic (exact) mass is 384 g/mol. The second kappa shape index (κ2) is 9.92. The normalized spacial score (nSPS) is 11.0. The first-order chi connectivity index (χ1) is 13.7. The van der Waals surface area contributed by atoms with Gasteiger partial charge in [-0.05, 0) is 25.0 Å². The minimum atomic E-state index is 0.296. The zero-order valence-electron chi connectivity index (χ0n) is 16.9. The highest BCUT2D eigenvalue weighted by molar-refractivity contribution is 5.76. The van der Waals surface area contributed by atoms with E-state index in [1.807, 2.05) is 35.9 Å². The average molecular weight is 384 g/mol. The van der Waals surface area contributed by atoms with Crippen molar-refractivity contribution in [1.29, 1.82) is 0 Å². The van der Waals surface area contributed by atoms with Crippen LogP contribution in [0.25, 0.3) is 11.0 Å². The minimum Gasteiger partial charge on any atom is -0.488 e. The summed E-state index contributed by atoms with van der Waals surface area (Å²) < 4.78 is 19.4. The van der Waals surface area contributed by atoms with Gasteiger partial charge in [-0.3, -0.25) is 0 Å². The molecule has 0 bridgehead atoms. The van der Waals surface area contributed by atoms with Gasteiger partial charge in [0.2, 0.25) is 0 Å². The van der Waals surface area contributed by atoms with Gasteiger partial charge in [-0.1, -0.05) is 26.7 Å². The Balaban J connectivity index is 1.68. The Morgan fingerprint density at radius 2 is 1.71 bits per heavy atom. The third kappa shape index (κ3) is 5.12. The molecule has 2 heterocycles. The lowest BCUT2D eigenvalue weighted by molar-refractivity contribution is 0.246. The molecule has 150 valence electrons. The predicted octanol–water partition coefficient (Wildman–Crippen LogP) is 4.30. The number of hydrogen-bond acceptors (Lipinski definition) is 6. The summed E-state index contributed by atoms with van der Waals surface area (Å²) in [5, 5.41) is 8.43. The van der Waals surface area contributed by atoms with Crippen LogP contribution in [-0.2, 0) is 13.7 Å². The maximum absolute atomic E-state index is 5.88. The number of nitrogens with zero attached hydrogens (tertiary/aromatic N) is 4. The van der Waals surface area contributed by atoms with Crippen LogP contribution >= 0.6 is 0 Å². The van der Waals surface area contributed by atoms with Gasteiger partial charge in [0.15, 0.2) is 5.75 Å². The Labute approximate surface area is 165 Å². The second-order valence-electron chi connectivity index (χ2n) is 6.70. The molecule has 0 unspecified atom stereocenters. The third-order valence-electron chi connectivity index (χ3n) is 4.35. The Hall–Kier alpha value is -2.83. The van der Waals surface area contributed by atoms with Gasteiger partial charge in [0, 0.05) is 19.2 Å². The molecule has 2 aromatic heterocycles. The fourth-order valence-electron chi connectivity index (χ4n) is 2.68. The summed E-state index contributed by atoms with van der Waals surface area (Å²) >= 11 is 0. The smallest absolute Gasteiger partial charge is 0.276 e. The number of fused-ring (bicyclic) bond motifs is 1. The van der Waals surface area contributed by atoms with Gasteiger partial charge in [0.25, 0.3) is 5.88 Å². The first-order valence-electron chi connectivity index (χ1n) is 9.87. The minimum absolute atomic E-state index is 0.296. The van der Waals surface area contributed by atoms with Crippen molar-refractivity contribution < 1.29 is 14.2 Å². The van der Waals surface area contributed by atoms with Crippen LogP contribution in [0.5, 0.6) is 17.4 Å². The molecule has 0 aliphatic heterocycles. The number of benzene rings is 1. The summed E-state index contributed by atoms with van der Waals surface area (Å²) in [5.41, 5.74) is 2.65. The van der Waals surface area contributed by atoms with Gasteiger partial charge >= 0.3 is 0 Å². The van der Waals surface area contributed by atoms with E-state index in [2.05, 4.69) is 29.0 Å². The summed E-state index contributed by atoms with van der Waals surface area (Å²) in [4.78, 5) is 4.36. The van der Waals surface area contributed by atoms with Crippen LogP contribution in [0.1, 0.15) is 45.2 Å². The van der Waals surface area contributed by atoms with Crippen molar-refractivity contribution in [3.8, 4) is 17.4 Å². The molecule has 1 aromatic carbocycles. The number of aromatic nitrogens is 4. The van der Waals surface area contributed by atoms with E-state index in [9.17, 15) is 0 Å². The molecule has 28 heavy (non-hydrogen) atoms. The number of hydrogen-bond donors (Lipinski definition) is 0. The number of aryl methyl sites for hydroxylation is 1. The third-order valence-corrected chi connectivity index (χ3v) is 4.35. The Morgan fingerprint density at radius 3 is 2.50 bits per heavy atom. The molecule has 0 N–H and O–H groups in total. The maximum atomic E-state index is 5.88. The summed E-state index contributed by atoms with van der Waals surface area (Å²) in [5.74, 6) is 1.81. The lowest BCUT2D eigenvalue weighted by Crippen LogP contribution is -2.07. The lowest BCUT2D eigenvalue weighted by atomic mass is 10.3. The van der Waals surface area contributed by atoms with E-state index in [1.165, 1.54) is 0 Å². The summed E-state index contributed by atoms with van der Waals surface area (Å²) in [6.45, 7) is 5.78. The van der Waals surface area contributed by atoms with Gasteiger partial charge in [-0.2, -0.15) is 0 Å². The zero-order chi connectivity index (χ0) is 19.8. The Morgan fingerprint density at radius 1 is 0.929 bits per heavy atom. The van der Waals surface area contributed by atoms with Crippen molar-refractivity contribution in [2.75, 3.05) is 13.2 Å². The fraction of sp³-hybridized carbons (Fsp3) is 0.476. The predicted molar refractivity (Wildman–Crippen MR) is 108 cm³/mol. The van der Waals surface area contributed by atoms with Crippen molar-refractivity contribution in [2.24, 2.45) is 7.05 Å². The van der Waals surface area contributed by atoms with Crippen molar-refractivity contribution in [1.82, 2.24) is 19.7 Å². The second-order valence-corrected chi connectivity index (χ2v) is 6.70. The van der Waals surface area contributed by atoms with Crippen molar-refractivity contribution in [3.05, 3.63) is 36.3 Å². The number of rotatable bonds is 11. The molecular weight excluding hydrogens is 356 g/mol. The van der Waals surface area contributed by atoms with Crippen LogP contribution in [0, 0.1) is 0 Å². The number of ether oxygens (including phenoxy) is 3. The van der Waals surface area contributed by atoms with Crippen LogP contribution in [0.3, 0.4) is 0 Å². The molecule has 0 aliphatic rings. The van der Waals surface area contributed by atoms with Gasteiger partial charge in [0.05, 0.1) is 30.6 Å². The Kier molecular flexibility index (Phi) is 7.06. The first kappa shape index (κ1) is 19.9. The highest BCUT2D eigenvalue weighted by atomic mass is 16.5. The number of unbranched alkanes of at least 4 members (excludes halogenated alkanes) is 2. The molecule has 0 atom stereocenters. The van der Waals surface area contributed by atoms with Crippen molar-refractivity contribution in [2.45, 2.75) is 46.1 Å². The Bertz CT molecular complexity index is 894. The lowest BCUT2D eigenvalue weighted by Gasteiger charge is -2.12. The maximum Gasteiger partial charge on any atom is 0.276 e. The van der Waals surface area contributed by atoms with E-state index in [0.717, 1.165) is 42.5 Å². The standard InChI is InChI=1S/C21H28N4O3/c1-4-6-10-26-20-12-16(23-24-21(20)27-11-7-5-2)14-28-17-8-9-19-18(13-17)22-15-25(19)3/h8-9,12-13,15H,4-7,10-11,14H2,1-3H3. The van der Waals surface area contributed by atoms with Crippen LogP contribution in [-0.4, -0.2) is 33.0 Å². The molecule has 0 saturated carbocycles. The molecule has 3 aromatic rings. The van der Waals surface area contributed by atoms with Gasteiger partial charge < -0.3 is 18.8 Å². The number of imidazole rings is 1. The van der Waals surface area contributed by atoms with Crippen molar-refractivity contribution >= 4 is 11.0 Å². The molecular formula is C21H28N4O3. The SMILES string of the molecule is CCCCOc1cc(COc2ccc3c(c2)ncn3C)nnc1OCCCC. The van der Waals surface area contributed by atoms with Crippen LogP contribution < -0.4 is 14.2 Å². The van der Waals surface area contributed by atoms with E-state index in [1.54, 1.807) is 6.33 Å². The molecule has 7 nitrogen and oxygen atoms in total. The zero-order valence-corrected chi connectivity index (χ0v) is 16.9. The molecule has 0 saturated heterocycles. The molecule has 7 heteroatoms. The highest BCUT2D eigenvalue weighted by Crippen LogP contribution is 2.26. The largest absolute Gasteiger partial charge is 0.488 e. The highest BCUT2D eigenvalue weighted by Gasteiger charge is 2.11. The molecule has 0 fully saturated rings. The summed E-state index contributed by atoms with van der Waals surface area (Å²) in [6, 6.07) is 7.69. The molecule has 0 spiro atoms. The average Bonchev–Trinajstić information content (AvgIpc) is 3.08. The molecule has 0 radical (unpaired) electrons. The van der Waals surface area contributed by atoms with Crippen LogP contribution in [0.15, 0.2) is 30.6 Å². The topological polar surface area (TPSA) is 71.3 Å². The molecule has 0 aliphatic carbocycles. The van der Waals surface area contributed by atoms with E-state index in [-0.39, 0.29) is 0 Å². The molecule has 3 rings (SSSR count). The summed E-state index contributed by atoms with van der Waals surface area (Å²) in [6.07, 6.45) is 5.86. The van der Waals surface area contributed by atoms with Crippen molar-refractivity contribution in [3.63, 3.8) is 0 Å². The van der Waals surface area contributed by atoms with E-state index < -0.39 is 0 Å². The summed E-state index contributed by atoms with van der Waals surface area (Å²) in [7, 11) is 1.97. The van der Waals surface area contributed by atoms with E-state index in [0.29, 0.717) is 37.1 Å². The van der Waals surface area contributed by atoms with E-state index >= 15 is 0 Å². The first-order valence-corrected chi connectivity index (χ1v) is 9.87. The van der Waals surface area contributed by atoms with Crippen LogP contribution in [0.2, 0.25) is 0 Å². The quantitative estimate of drug-likeness (QED) is 0.459. The fourth-order valence-corrected chi connectivity index (χ4v) is 2.68.